The first-order chi connectivity index (χ1) is 8.04. The van der Waals surface area contributed by atoms with Gasteiger partial charge in [-0.15, -0.1) is 0 Å². The number of methoxy groups -OCH3 is 1. The smallest absolute Gasteiger partial charge is 0.333 e. The summed E-state index contributed by atoms with van der Waals surface area (Å²) >= 11 is 0. The van der Waals surface area contributed by atoms with Crippen molar-refractivity contribution >= 4 is 7.60 Å². The molecule has 0 amide bonds. The predicted molar refractivity (Wildman–Crippen MR) is 64.4 cm³/mol. The molecule has 5 nitrogen and oxygen atoms in total. The first-order valence-corrected chi connectivity index (χ1v) is 6.80. The average Bonchev–Trinajstić information content (AvgIpc) is 2.38. The van der Waals surface area contributed by atoms with Gasteiger partial charge in [0.15, 0.2) is 0 Å². The van der Waals surface area contributed by atoms with E-state index >= 15 is 0 Å². The Balaban J connectivity index is 2.75. The molecule has 0 fully saturated rings. The van der Waals surface area contributed by atoms with Gasteiger partial charge in [-0.25, -0.2) is 0 Å². The highest BCUT2D eigenvalue weighted by molar-refractivity contribution is 7.53. The molecule has 0 heterocycles. The molecule has 17 heavy (non-hydrogen) atoms. The van der Waals surface area contributed by atoms with Crippen molar-refractivity contribution in [2.45, 2.75) is 6.10 Å². The molecule has 1 unspecified atom stereocenters. The van der Waals surface area contributed by atoms with Gasteiger partial charge in [0.05, 0.1) is 19.4 Å². The first-order valence-electron chi connectivity index (χ1n) is 5.07. The molecule has 0 aliphatic rings. The van der Waals surface area contributed by atoms with Gasteiger partial charge in [-0.1, -0.05) is 12.1 Å². The minimum atomic E-state index is -3.20. The van der Waals surface area contributed by atoms with Crippen molar-refractivity contribution in [3.63, 3.8) is 0 Å². The Kier molecular flexibility index (Phi) is 5.15. The van der Waals surface area contributed by atoms with Gasteiger partial charge in [0.2, 0.25) is 0 Å². The lowest BCUT2D eigenvalue weighted by molar-refractivity contribution is 0.183. The lowest BCUT2D eigenvalue weighted by Crippen LogP contribution is -2.06. The fraction of sp³-hybridized carbons (Fsp3) is 0.455. The average molecular weight is 260 g/mol. The fourth-order valence-electron chi connectivity index (χ4n) is 1.37. The SMILES string of the molecule is COc1ccc(C(O)CP(=O)(OC)OC)cc1. The Morgan fingerprint density at radius 3 is 2.12 bits per heavy atom. The van der Waals surface area contributed by atoms with Crippen molar-refractivity contribution in [1.82, 2.24) is 0 Å². The molecule has 1 atom stereocenters. The first kappa shape index (κ1) is 14.2. The number of ether oxygens (including phenoxy) is 1. The van der Waals surface area contributed by atoms with E-state index in [1.807, 2.05) is 0 Å². The second kappa shape index (κ2) is 6.17. The molecule has 6 heteroatoms. The summed E-state index contributed by atoms with van der Waals surface area (Å²) in [4.78, 5) is 0. The topological polar surface area (TPSA) is 65.0 Å². The van der Waals surface area contributed by atoms with E-state index < -0.39 is 13.7 Å². The Labute approximate surface area is 101 Å². The summed E-state index contributed by atoms with van der Waals surface area (Å²) in [5, 5.41) is 9.91. The Hall–Kier alpha value is -0.870. The van der Waals surface area contributed by atoms with Crippen LogP contribution in [0.4, 0.5) is 0 Å². The van der Waals surface area contributed by atoms with Gasteiger partial charge >= 0.3 is 7.60 Å². The lowest BCUT2D eigenvalue weighted by atomic mass is 10.1. The largest absolute Gasteiger partial charge is 0.497 e. The van der Waals surface area contributed by atoms with Crippen LogP contribution in [0.25, 0.3) is 0 Å². The number of rotatable bonds is 6. The van der Waals surface area contributed by atoms with Gasteiger partial charge in [-0.2, -0.15) is 0 Å². The number of hydrogen-bond donors (Lipinski definition) is 1. The van der Waals surface area contributed by atoms with E-state index in [-0.39, 0.29) is 6.16 Å². The van der Waals surface area contributed by atoms with E-state index in [9.17, 15) is 9.67 Å². The zero-order valence-corrected chi connectivity index (χ0v) is 11.0. The van der Waals surface area contributed by atoms with Crippen molar-refractivity contribution in [2.75, 3.05) is 27.5 Å². The molecule has 1 rings (SSSR count). The van der Waals surface area contributed by atoms with E-state index in [1.165, 1.54) is 14.2 Å². The molecule has 0 saturated heterocycles. The summed E-state index contributed by atoms with van der Waals surface area (Å²) in [6.45, 7) is 0. The van der Waals surface area contributed by atoms with Gasteiger partial charge in [-0.3, -0.25) is 4.57 Å². The molecule has 1 aromatic carbocycles. The minimum Gasteiger partial charge on any atom is -0.497 e. The Morgan fingerprint density at radius 2 is 1.71 bits per heavy atom. The summed E-state index contributed by atoms with van der Waals surface area (Å²) in [5.41, 5.74) is 0.639. The molecule has 0 spiro atoms. The van der Waals surface area contributed by atoms with E-state index in [0.29, 0.717) is 11.3 Å². The Bertz CT molecular complexity index is 381. The normalized spacial score (nSPS) is 13.4. The zero-order valence-electron chi connectivity index (χ0n) is 10.1. The van der Waals surface area contributed by atoms with E-state index in [0.717, 1.165) is 0 Å². The van der Waals surface area contributed by atoms with Gasteiger partial charge in [0.1, 0.15) is 5.75 Å². The van der Waals surface area contributed by atoms with Crippen LogP contribution in [-0.4, -0.2) is 32.6 Å². The quantitative estimate of drug-likeness (QED) is 0.794. The fourth-order valence-corrected chi connectivity index (χ4v) is 2.45. The molecule has 96 valence electrons. The number of benzene rings is 1. The second-order valence-corrected chi connectivity index (χ2v) is 5.76. The molecular weight excluding hydrogens is 243 g/mol. The van der Waals surface area contributed by atoms with Crippen LogP contribution in [-0.2, 0) is 13.6 Å². The number of hydrogen-bond acceptors (Lipinski definition) is 5. The van der Waals surface area contributed by atoms with Crippen LogP contribution in [0.1, 0.15) is 11.7 Å². The van der Waals surface area contributed by atoms with Crippen molar-refractivity contribution in [3.8, 4) is 5.75 Å². The highest BCUT2D eigenvalue weighted by Crippen LogP contribution is 2.49. The highest BCUT2D eigenvalue weighted by atomic mass is 31.2. The maximum atomic E-state index is 11.8. The van der Waals surface area contributed by atoms with Crippen LogP contribution in [0, 0.1) is 0 Å². The molecule has 1 N–H and O–H groups in total. The summed E-state index contributed by atoms with van der Waals surface area (Å²) in [6.07, 6.45) is -0.974. The van der Waals surface area contributed by atoms with Crippen LogP contribution < -0.4 is 4.74 Å². The Morgan fingerprint density at radius 1 is 1.18 bits per heavy atom. The van der Waals surface area contributed by atoms with Crippen LogP contribution in [0.2, 0.25) is 0 Å². The molecule has 0 saturated carbocycles. The van der Waals surface area contributed by atoms with Crippen molar-refractivity contribution in [3.05, 3.63) is 29.8 Å². The van der Waals surface area contributed by atoms with Gasteiger partial charge in [0.25, 0.3) is 0 Å². The molecule has 0 aromatic heterocycles. The van der Waals surface area contributed by atoms with Crippen molar-refractivity contribution in [2.24, 2.45) is 0 Å². The molecule has 0 bridgehead atoms. The number of aliphatic hydroxyl groups excluding tert-OH is 1. The minimum absolute atomic E-state index is 0.0771. The third-order valence-corrected chi connectivity index (χ3v) is 4.36. The van der Waals surface area contributed by atoms with Gasteiger partial charge in [-0.05, 0) is 17.7 Å². The van der Waals surface area contributed by atoms with Crippen molar-refractivity contribution < 1.29 is 23.5 Å². The number of aliphatic hydroxyl groups is 1. The van der Waals surface area contributed by atoms with E-state index in [1.54, 1.807) is 31.4 Å². The summed E-state index contributed by atoms with van der Waals surface area (Å²) in [5.74, 6) is 0.697. The van der Waals surface area contributed by atoms with Crippen LogP contribution in [0.15, 0.2) is 24.3 Å². The third-order valence-electron chi connectivity index (χ3n) is 2.45. The zero-order chi connectivity index (χ0) is 12.9. The predicted octanol–water partition coefficient (Wildman–Crippen LogP) is 2.21. The molecule has 0 aliphatic heterocycles. The second-order valence-electron chi connectivity index (χ2n) is 3.45. The summed E-state index contributed by atoms with van der Waals surface area (Å²) in [6, 6.07) is 6.87. The van der Waals surface area contributed by atoms with Gasteiger partial charge < -0.3 is 18.9 Å². The maximum absolute atomic E-state index is 11.8. The molecular formula is C11H17O5P. The molecule has 0 radical (unpaired) electrons. The monoisotopic (exact) mass is 260 g/mol. The van der Waals surface area contributed by atoms with Gasteiger partial charge in [0, 0.05) is 14.2 Å². The third kappa shape index (κ3) is 3.82. The van der Waals surface area contributed by atoms with Crippen molar-refractivity contribution in [1.29, 1.82) is 0 Å². The standard InChI is InChI=1S/C11H17O5P/c1-14-10-6-4-9(5-7-10)11(12)8-17(13,15-2)16-3/h4-7,11-12H,8H2,1-3H3. The van der Waals surface area contributed by atoms with Crippen LogP contribution in [0.3, 0.4) is 0 Å². The summed E-state index contributed by atoms with van der Waals surface area (Å²) in [7, 11) is 0.955. The molecule has 0 aliphatic carbocycles. The highest BCUT2D eigenvalue weighted by Gasteiger charge is 2.26. The van der Waals surface area contributed by atoms with E-state index in [2.05, 4.69) is 0 Å². The molecule has 1 aromatic rings. The van der Waals surface area contributed by atoms with E-state index in [4.69, 9.17) is 13.8 Å². The van der Waals surface area contributed by atoms with Crippen LogP contribution >= 0.6 is 7.60 Å². The summed E-state index contributed by atoms with van der Waals surface area (Å²) < 4.78 is 26.4. The maximum Gasteiger partial charge on any atom is 0.333 e. The lowest BCUT2D eigenvalue weighted by Gasteiger charge is -2.17. The van der Waals surface area contributed by atoms with Crippen LogP contribution in [0.5, 0.6) is 5.75 Å².